The number of anilines is 1. The van der Waals surface area contributed by atoms with E-state index in [0.717, 1.165) is 23.2 Å². The molecule has 0 bridgehead atoms. The molecule has 1 aliphatic rings. The Kier molecular flexibility index (Phi) is 6.23. The van der Waals surface area contributed by atoms with Gasteiger partial charge in [-0.25, -0.2) is 0 Å². The van der Waals surface area contributed by atoms with Crippen LogP contribution in [0.2, 0.25) is 5.02 Å². The lowest BCUT2D eigenvalue weighted by atomic mass is 10.1. The van der Waals surface area contributed by atoms with Gasteiger partial charge in [-0.3, -0.25) is 9.59 Å². The van der Waals surface area contributed by atoms with Crippen LogP contribution in [0.1, 0.15) is 28.4 Å². The highest BCUT2D eigenvalue weighted by molar-refractivity contribution is 6.30. The molecule has 0 aliphatic carbocycles. The van der Waals surface area contributed by atoms with Crippen molar-refractivity contribution in [3.8, 4) is 5.75 Å². The van der Waals surface area contributed by atoms with Crippen molar-refractivity contribution >= 4 is 29.1 Å². The molecule has 0 radical (unpaired) electrons. The lowest BCUT2D eigenvalue weighted by molar-refractivity contribution is -0.123. The molecule has 6 heteroatoms. The Balaban J connectivity index is 1.40. The van der Waals surface area contributed by atoms with E-state index in [-0.39, 0.29) is 24.5 Å². The molecule has 158 valence electrons. The average molecular weight is 435 g/mol. The first-order chi connectivity index (χ1) is 15.0. The molecule has 0 fully saturated rings. The van der Waals surface area contributed by atoms with Crippen LogP contribution in [0.15, 0.2) is 72.8 Å². The van der Waals surface area contributed by atoms with Crippen molar-refractivity contribution in [3.63, 3.8) is 0 Å². The van der Waals surface area contributed by atoms with E-state index in [2.05, 4.69) is 12.2 Å². The van der Waals surface area contributed by atoms with E-state index >= 15 is 0 Å². The molecule has 0 saturated carbocycles. The molecule has 0 saturated heterocycles. The Morgan fingerprint density at radius 1 is 1.06 bits per heavy atom. The molecule has 1 atom stereocenters. The Bertz CT molecular complexity index is 1080. The Labute approximate surface area is 186 Å². The van der Waals surface area contributed by atoms with Gasteiger partial charge >= 0.3 is 0 Å². The largest absolute Gasteiger partial charge is 0.484 e. The summed E-state index contributed by atoms with van der Waals surface area (Å²) in [6.45, 7) is 2.33. The quantitative estimate of drug-likeness (QED) is 0.615. The summed E-state index contributed by atoms with van der Waals surface area (Å²) in [6, 6.07) is 22.3. The summed E-state index contributed by atoms with van der Waals surface area (Å²) in [6.07, 6.45) is 0.815. The number of nitrogens with one attached hydrogen (secondary N) is 1. The van der Waals surface area contributed by atoms with Gasteiger partial charge in [-0.1, -0.05) is 41.9 Å². The maximum absolute atomic E-state index is 13.1. The van der Waals surface area contributed by atoms with E-state index in [0.29, 0.717) is 22.9 Å². The number of rotatable bonds is 6. The minimum atomic E-state index is -0.221. The van der Waals surface area contributed by atoms with E-state index in [1.54, 1.807) is 24.3 Å². The maximum atomic E-state index is 13.1. The van der Waals surface area contributed by atoms with Crippen LogP contribution in [0.3, 0.4) is 0 Å². The van der Waals surface area contributed by atoms with Crippen LogP contribution in [-0.4, -0.2) is 24.5 Å². The highest BCUT2D eigenvalue weighted by Crippen LogP contribution is 2.34. The number of carbonyl (C=O) groups excluding carboxylic acids is 2. The molecule has 1 unspecified atom stereocenters. The predicted octanol–water partition coefficient (Wildman–Crippen LogP) is 4.63. The highest BCUT2D eigenvalue weighted by Gasteiger charge is 2.31. The number of amides is 2. The first kappa shape index (κ1) is 20.9. The number of carbonyl (C=O) groups is 2. The van der Waals surface area contributed by atoms with E-state index in [4.69, 9.17) is 16.3 Å². The smallest absolute Gasteiger partial charge is 0.258 e. The summed E-state index contributed by atoms with van der Waals surface area (Å²) in [7, 11) is 0. The first-order valence-electron chi connectivity index (χ1n) is 10.2. The van der Waals surface area contributed by atoms with Gasteiger partial charge in [0.2, 0.25) is 0 Å². The number of hydrogen-bond acceptors (Lipinski definition) is 3. The lowest BCUT2D eigenvalue weighted by Gasteiger charge is -2.23. The van der Waals surface area contributed by atoms with Gasteiger partial charge in [-0.2, -0.15) is 0 Å². The Morgan fingerprint density at radius 3 is 2.55 bits per heavy atom. The van der Waals surface area contributed by atoms with Gasteiger partial charge in [0.25, 0.3) is 11.8 Å². The third-order valence-corrected chi connectivity index (χ3v) is 5.53. The van der Waals surface area contributed by atoms with Crippen LogP contribution in [0, 0.1) is 0 Å². The monoisotopic (exact) mass is 434 g/mol. The fourth-order valence-electron chi connectivity index (χ4n) is 3.72. The SMILES string of the molecule is CC1Cc2ccc(CNC(=O)COc3ccc(Cl)cc3)cc2N1C(=O)c1ccccc1. The number of nitrogens with zero attached hydrogens (tertiary/aromatic N) is 1. The van der Waals surface area contributed by atoms with Crippen LogP contribution < -0.4 is 15.0 Å². The van der Waals surface area contributed by atoms with Gasteiger partial charge in [-0.15, -0.1) is 0 Å². The van der Waals surface area contributed by atoms with Crippen LogP contribution in [0.25, 0.3) is 0 Å². The van der Waals surface area contributed by atoms with Gasteiger partial charge in [0.1, 0.15) is 5.75 Å². The zero-order valence-corrected chi connectivity index (χ0v) is 17.9. The van der Waals surface area contributed by atoms with Crippen molar-refractivity contribution in [1.29, 1.82) is 0 Å². The third-order valence-electron chi connectivity index (χ3n) is 5.28. The van der Waals surface area contributed by atoms with Gasteiger partial charge in [-0.05, 0) is 66.9 Å². The third kappa shape index (κ3) is 4.89. The van der Waals surface area contributed by atoms with Gasteiger partial charge in [0, 0.05) is 28.9 Å². The van der Waals surface area contributed by atoms with Crippen molar-refractivity contribution in [1.82, 2.24) is 5.32 Å². The molecule has 0 aromatic heterocycles. The van der Waals surface area contributed by atoms with Gasteiger partial charge in [0.15, 0.2) is 6.61 Å². The molecule has 1 N–H and O–H groups in total. The number of hydrogen-bond donors (Lipinski definition) is 1. The molecule has 3 aromatic carbocycles. The topological polar surface area (TPSA) is 58.6 Å². The van der Waals surface area contributed by atoms with Gasteiger partial charge in [0.05, 0.1) is 0 Å². The zero-order valence-electron chi connectivity index (χ0n) is 17.2. The molecular formula is C25H23ClN2O3. The van der Waals surface area contributed by atoms with Crippen molar-refractivity contribution < 1.29 is 14.3 Å². The fourth-order valence-corrected chi connectivity index (χ4v) is 3.85. The molecule has 0 spiro atoms. The van der Waals surface area contributed by atoms with E-state index in [9.17, 15) is 9.59 Å². The normalized spacial score (nSPS) is 14.8. The summed E-state index contributed by atoms with van der Waals surface area (Å²) in [5.41, 5.74) is 3.64. The Hall–Kier alpha value is -3.31. The molecule has 1 heterocycles. The molecule has 3 aromatic rings. The predicted molar refractivity (Wildman–Crippen MR) is 122 cm³/mol. The summed E-state index contributed by atoms with van der Waals surface area (Å²) < 4.78 is 5.47. The standard InChI is InChI=1S/C25H23ClN2O3/c1-17-13-20-8-7-18(14-23(20)28(17)25(30)19-5-3-2-4-6-19)15-27-24(29)16-31-22-11-9-21(26)10-12-22/h2-12,14,17H,13,15-16H2,1H3,(H,27,29). The average Bonchev–Trinajstić information content (AvgIpc) is 3.12. The summed E-state index contributed by atoms with van der Waals surface area (Å²) in [5, 5.41) is 3.48. The summed E-state index contributed by atoms with van der Waals surface area (Å²) in [5.74, 6) is 0.353. The number of fused-ring (bicyclic) bond motifs is 1. The molecule has 4 rings (SSSR count). The Morgan fingerprint density at radius 2 is 1.81 bits per heavy atom. The van der Waals surface area contributed by atoms with Gasteiger partial charge < -0.3 is 15.0 Å². The summed E-state index contributed by atoms with van der Waals surface area (Å²) in [4.78, 5) is 27.1. The van der Waals surface area contributed by atoms with E-state index in [1.807, 2.05) is 53.4 Å². The summed E-state index contributed by atoms with van der Waals surface area (Å²) >= 11 is 5.85. The maximum Gasteiger partial charge on any atom is 0.258 e. The second-order valence-electron chi connectivity index (χ2n) is 7.58. The van der Waals surface area contributed by atoms with Crippen molar-refractivity contribution in [2.45, 2.75) is 25.9 Å². The fraction of sp³-hybridized carbons (Fsp3) is 0.200. The highest BCUT2D eigenvalue weighted by atomic mass is 35.5. The van der Waals surface area contributed by atoms with Crippen molar-refractivity contribution in [2.75, 3.05) is 11.5 Å². The molecule has 5 nitrogen and oxygen atoms in total. The van der Waals surface area contributed by atoms with Crippen LogP contribution in [0.4, 0.5) is 5.69 Å². The number of halogens is 1. The molecular weight excluding hydrogens is 412 g/mol. The lowest BCUT2D eigenvalue weighted by Crippen LogP contribution is -2.35. The second-order valence-corrected chi connectivity index (χ2v) is 8.01. The second kappa shape index (κ2) is 9.23. The van der Waals surface area contributed by atoms with Crippen molar-refractivity contribution in [3.05, 3.63) is 94.5 Å². The molecule has 1 aliphatic heterocycles. The van der Waals surface area contributed by atoms with Crippen molar-refractivity contribution in [2.24, 2.45) is 0 Å². The minimum Gasteiger partial charge on any atom is -0.484 e. The minimum absolute atomic E-state index is 0.00981. The van der Waals surface area contributed by atoms with E-state index in [1.165, 1.54) is 0 Å². The first-order valence-corrected chi connectivity index (χ1v) is 10.5. The molecule has 31 heavy (non-hydrogen) atoms. The van der Waals surface area contributed by atoms with E-state index < -0.39 is 0 Å². The number of benzene rings is 3. The number of ether oxygens (including phenoxy) is 1. The van der Waals surface area contributed by atoms with Crippen LogP contribution in [0.5, 0.6) is 5.75 Å². The van der Waals surface area contributed by atoms with Crippen LogP contribution in [-0.2, 0) is 17.8 Å². The molecule has 2 amide bonds. The van der Waals surface area contributed by atoms with Crippen LogP contribution >= 0.6 is 11.6 Å². The zero-order chi connectivity index (χ0) is 21.8.